The zero-order valence-corrected chi connectivity index (χ0v) is 19.0. The molecule has 0 radical (unpaired) electrons. The molecule has 1 aliphatic rings. The van der Waals surface area contributed by atoms with Crippen molar-refractivity contribution >= 4 is 21.8 Å². The molecule has 3 aromatic rings. The van der Waals surface area contributed by atoms with E-state index in [9.17, 15) is 4.79 Å². The highest BCUT2D eigenvalue weighted by Gasteiger charge is 2.24. The standard InChI is InChI=1S/C24H25BrN2O4/c1-29-19-6-4-7-20(15-19)30-17-21-9-10-23(31-21)24(28)27-13-11-26(12-14-27)16-18-5-2-3-8-22(18)25/h2-10,15H,11-14,16-17H2,1H3. The molecule has 0 saturated carbocycles. The molecule has 2 heterocycles. The van der Waals surface area contributed by atoms with Crippen LogP contribution < -0.4 is 9.47 Å². The van der Waals surface area contributed by atoms with E-state index >= 15 is 0 Å². The fraction of sp³-hybridized carbons (Fsp3) is 0.292. The summed E-state index contributed by atoms with van der Waals surface area (Å²) in [6.45, 7) is 4.15. The third-order valence-corrected chi connectivity index (χ3v) is 6.08. The number of piperazine rings is 1. The van der Waals surface area contributed by atoms with Crippen molar-refractivity contribution < 1.29 is 18.7 Å². The molecule has 1 amide bonds. The summed E-state index contributed by atoms with van der Waals surface area (Å²) in [6.07, 6.45) is 0. The smallest absolute Gasteiger partial charge is 0.289 e. The van der Waals surface area contributed by atoms with Crippen molar-refractivity contribution in [2.24, 2.45) is 0 Å². The number of ether oxygens (including phenoxy) is 2. The molecule has 0 atom stereocenters. The van der Waals surface area contributed by atoms with Crippen molar-refractivity contribution in [1.29, 1.82) is 0 Å². The molecule has 0 bridgehead atoms. The number of furan rings is 1. The first-order valence-corrected chi connectivity index (χ1v) is 11.0. The number of rotatable bonds is 7. The summed E-state index contributed by atoms with van der Waals surface area (Å²) in [5, 5.41) is 0. The Hall–Kier alpha value is -2.77. The Morgan fingerprint density at radius 3 is 2.55 bits per heavy atom. The first-order valence-electron chi connectivity index (χ1n) is 10.2. The summed E-state index contributed by atoms with van der Waals surface area (Å²) in [7, 11) is 1.62. The molecule has 1 saturated heterocycles. The minimum absolute atomic E-state index is 0.0758. The number of hydrogen-bond acceptors (Lipinski definition) is 5. The maximum Gasteiger partial charge on any atom is 0.289 e. The normalized spacial score (nSPS) is 14.5. The molecule has 0 N–H and O–H groups in total. The van der Waals surface area contributed by atoms with E-state index in [1.165, 1.54) is 5.56 Å². The van der Waals surface area contributed by atoms with E-state index in [0.29, 0.717) is 30.4 Å². The zero-order chi connectivity index (χ0) is 21.6. The highest BCUT2D eigenvalue weighted by Crippen LogP contribution is 2.22. The monoisotopic (exact) mass is 484 g/mol. The van der Waals surface area contributed by atoms with E-state index in [1.807, 2.05) is 41.3 Å². The highest BCUT2D eigenvalue weighted by molar-refractivity contribution is 9.10. The second-order valence-electron chi connectivity index (χ2n) is 7.39. The predicted molar refractivity (Wildman–Crippen MR) is 121 cm³/mol. The van der Waals surface area contributed by atoms with Crippen LogP contribution in [0.2, 0.25) is 0 Å². The van der Waals surface area contributed by atoms with Crippen LogP contribution in [0.5, 0.6) is 11.5 Å². The van der Waals surface area contributed by atoms with E-state index in [0.717, 1.165) is 29.9 Å². The first kappa shape index (κ1) is 21.5. The lowest BCUT2D eigenvalue weighted by Gasteiger charge is -2.34. The largest absolute Gasteiger partial charge is 0.497 e. The average Bonchev–Trinajstić information content (AvgIpc) is 3.28. The van der Waals surface area contributed by atoms with Gasteiger partial charge in [0, 0.05) is 43.3 Å². The second kappa shape index (κ2) is 10.0. The zero-order valence-electron chi connectivity index (χ0n) is 17.4. The Morgan fingerprint density at radius 2 is 1.77 bits per heavy atom. The third-order valence-electron chi connectivity index (χ3n) is 5.31. The van der Waals surface area contributed by atoms with Gasteiger partial charge in [0.15, 0.2) is 5.76 Å². The molecular weight excluding hydrogens is 460 g/mol. The maximum absolute atomic E-state index is 12.8. The van der Waals surface area contributed by atoms with Crippen molar-refractivity contribution in [3.8, 4) is 11.5 Å². The van der Waals surface area contributed by atoms with Gasteiger partial charge < -0.3 is 18.8 Å². The SMILES string of the molecule is COc1cccc(OCc2ccc(C(=O)N3CCN(Cc4ccccc4Br)CC3)o2)c1. The van der Waals surface area contributed by atoms with Crippen molar-refractivity contribution in [1.82, 2.24) is 9.80 Å². The topological polar surface area (TPSA) is 55.2 Å². The summed E-state index contributed by atoms with van der Waals surface area (Å²) < 4.78 is 17.8. The maximum atomic E-state index is 12.8. The number of nitrogens with zero attached hydrogens (tertiary/aromatic N) is 2. The van der Waals surface area contributed by atoms with E-state index in [1.54, 1.807) is 19.2 Å². The van der Waals surface area contributed by atoms with Crippen LogP contribution in [-0.2, 0) is 13.2 Å². The predicted octanol–water partition coefficient (Wildman–Crippen LogP) is 4.59. The Kier molecular flexibility index (Phi) is 6.94. The number of benzene rings is 2. The van der Waals surface area contributed by atoms with Gasteiger partial charge in [0.25, 0.3) is 5.91 Å². The molecule has 1 aliphatic heterocycles. The molecule has 7 heteroatoms. The van der Waals surface area contributed by atoms with E-state index in [2.05, 4.69) is 33.0 Å². The minimum atomic E-state index is -0.0758. The summed E-state index contributed by atoms with van der Waals surface area (Å²) >= 11 is 3.61. The molecule has 2 aromatic carbocycles. The summed E-state index contributed by atoms with van der Waals surface area (Å²) in [5.41, 5.74) is 1.26. The van der Waals surface area contributed by atoms with Crippen LogP contribution in [0.4, 0.5) is 0 Å². The van der Waals surface area contributed by atoms with Crippen LogP contribution in [0.1, 0.15) is 21.9 Å². The van der Waals surface area contributed by atoms with Crippen molar-refractivity contribution in [2.75, 3.05) is 33.3 Å². The Balaban J connectivity index is 1.28. The van der Waals surface area contributed by atoms with Gasteiger partial charge in [0.1, 0.15) is 23.9 Å². The summed E-state index contributed by atoms with van der Waals surface area (Å²) in [5.74, 6) is 2.30. The van der Waals surface area contributed by atoms with Gasteiger partial charge in [-0.3, -0.25) is 9.69 Å². The minimum Gasteiger partial charge on any atom is -0.497 e. The van der Waals surface area contributed by atoms with E-state index in [-0.39, 0.29) is 12.5 Å². The quantitative estimate of drug-likeness (QED) is 0.490. The molecule has 0 spiro atoms. The van der Waals surface area contributed by atoms with Crippen LogP contribution >= 0.6 is 15.9 Å². The van der Waals surface area contributed by atoms with Gasteiger partial charge in [-0.25, -0.2) is 0 Å². The molecule has 0 aliphatic carbocycles. The third kappa shape index (κ3) is 5.48. The molecule has 6 nitrogen and oxygen atoms in total. The van der Waals surface area contributed by atoms with E-state index < -0.39 is 0 Å². The van der Waals surface area contributed by atoms with Crippen LogP contribution in [0, 0.1) is 0 Å². The van der Waals surface area contributed by atoms with Crippen LogP contribution in [0.3, 0.4) is 0 Å². The number of methoxy groups -OCH3 is 1. The van der Waals surface area contributed by atoms with Crippen molar-refractivity contribution in [3.05, 3.63) is 82.2 Å². The van der Waals surface area contributed by atoms with Gasteiger partial charge in [0.05, 0.1) is 7.11 Å². The molecule has 1 fully saturated rings. The molecule has 4 rings (SSSR count). The lowest BCUT2D eigenvalue weighted by Crippen LogP contribution is -2.48. The van der Waals surface area contributed by atoms with Crippen LogP contribution in [0.25, 0.3) is 0 Å². The number of hydrogen-bond donors (Lipinski definition) is 0. The Bertz CT molecular complexity index is 1030. The molecule has 0 unspecified atom stereocenters. The van der Waals surface area contributed by atoms with Crippen molar-refractivity contribution in [2.45, 2.75) is 13.2 Å². The average molecular weight is 485 g/mol. The number of carbonyl (C=O) groups is 1. The van der Waals surface area contributed by atoms with Gasteiger partial charge in [0.2, 0.25) is 0 Å². The fourth-order valence-corrected chi connectivity index (χ4v) is 3.96. The fourth-order valence-electron chi connectivity index (χ4n) is 3.55. The number of amides is 1. The molecule has 1 aromatic heterocycles. The van der Waals surface area contributed by atoms with Gasteiger partial charge >= 0.3 is 0 Å². The second-order valence-corrected chi connectivity index (χ2v) is 8.25. The molecule has 31 heavy (non-hydrogen) atoms. The highest BCUT2D eigenvalue weighted by atomic mass is 79.9. The number of halogens is 1. The van der Waals surface area contributed by atoms with Gasteiger partial charge in [-0.1, -0.05) is 40.2 Å². The van der Waals surface area contributed by atoms with Crippen LogP contribution in [-0.4, -0.2) is 49.0 Å². The van der Waals surface area contributed by atoms with Gasteiger partial charge in [-0.15, -0.1) is 0 Å². The molecule has 162 valence electrons. The number of carbonyl (C=O) groups excluding carboxylic acids is 1. The summed E-state index contributed by atoms with van der Waals surface area (Å²) in [6, 6.07) is 19.1. The van der Waals surface area contributed by atoms with Crippen molar-refractivity contribution in [3.63, 3.8) is 0 Å². The first-order chi connectivity index (χ1) is 15.1. The summed E-state index contributed by atoms with van der Waals surface area (Å²) in [4.78, 5) is 17.0. The lowest BCUT2D eigenvalue weighted by molar-refractivity contribution is 0.0594. The van der Waals surface area contributed by atoms with E-state index in [4.69, 9.17) is 13.9 Å². The lowest BCUT2D eigenvalue weighted by atomic mass is 10.2. The van der Waals surface area contributed by atoms with Gasteiger partial charge in [-0.2, -0.15) is 0 Å². The Labute approximate surface area is 190 Å². The Morgan fingerprint density at radius 1 is 1.00 bits per heavy atom. The van der Waals surface area contributed by atoms with Crippen LogP contribution in [0.15, 0.2) is 69.6 Å². The van der Waals surface area contributed by atoms with Gasteiger partial charge in [-0.05, 0) is 35.9 Å². The molecular formula is C24H25BrN2O4.